The first-order chi connectivity index (χ1) is 15.4. The molecule has 0 radical (unpaired) electrons. The van der Waals surface area contributed by atoms with Gasteiger partial charge >= 0.3 is 0 Å². The quantitative estimate of drug-likeness (QED) is 0.519. The average Bonchev–Trinajstić information content (AvgIpc) is 2.78. The third kappa shape index (κ3) is 6.56. The minimum absolute atomic E-state index is 0.0848. The molecule has 0 unspecified atom stereocenters. The minimum atomic E-state index is -3.95. The van der Waals surface area contributed by atoms with Crippen molar-refractivity contribution in [2.24, 2.45) is 0 Å². The van der Waals surface area contributed by atoms with Crippen LogP contribution in [0.25, 0.3) is 0 Å². The Morgan fingerprint density at radius 2 is 1.81 bits per heavy atom. The second kappa shape index (κ2) is 11.5. The van der Waals surface area contributed by atoms with Gasteiger partial charge in [-0.1, -0.05) is 30.5 Å². The molecule has 176 valence electrons. The van der Waals surface area contributed by atoms with Crippen LogP contribution in [-0.4, -0.2) is 61.7 Å². The highest BCUT2D eigenvalue weighted by atomic mass is 32.2. The molecule has 0 bridgehead atoms. The van der Waals surface area contributed by atoms with Gasteiger partial charge in [0.25, 0.3) is 10.0 Å². The molecule has 1 aromatic carbocycles. The molecular weight excluding hydrogens is 428 g/mol. The zero-order chi connectivity index (χ0) is 23.0. The second-order valence-corrected chi connectivity index (χ2v) is 10.3. The van der Waals surface area contributed by atoms with Gasteiger partial charge in [-0.2, -0.15) is 0 Å². The Morgan fingerprint density at radius 1 is 1.09 bits per heavy atom. The van der Waals surface area contributed by atoms with Crippen molar-refractivity contribution in [1.82, 2.24) is 19.8 Å². The zero-order valence-corrected chi connectivity index (χ0v) is 19.6. The fraction of sp³-hybridized carbons (Fsp3) is 0.565. The number of amides is 2. The first-order valence-corrected chi connectivity index (χ1v) is 12.9. The Kier molecular flexibility index (Phi) is 8.69. The molecule has 1 fully saturated rings. The van der Waals surface area contributed by atoms with E-state index in [1.807, 2.05) is 6.92 Å². The Morgan fingerprint density at radius 3 is 2.53 bits per heavy atom. The van der Waals surface area contributed by atoms with Gasteiger partial charge in [0, 0.05) is 18.9 Å². The number of piperidine rings is 1. The fourth-order valence-corrected chi connectivity index (χ4v) is 5.52. The molecule has 9 heteroatoms. The van der Waals surface area contributed by atoms with Crippen LogP contribution in [-0.2, 0) is 19.6 Å². The van der Waals surface area contributed by atoms with Gasteiger partial charge in [0.1, 0.15) is 6.04 Å². The number of hydrogen-bond acceptors (Lipinski definition) is 5. The van der Waals surface area contributed by atoms with Crippen LogP contribution in [0.15, 0.2) is 41.6 Å². The summed E-state index contributed by atoms with van der Waals surface area (Å²) in [6.07, 6.45) is 9.26. The van der Waals surface area contributed by atoms with Gasteiger partial charge in [0.2, 0.25) is 11.8 Å². The van der Waals surface area contributed by atoms with Gasteiger partial charge in [0.15, 0.2) is 0 Å². The lowest BCUT2D eigenvalue weighted by Gasteiger charge is -2.31. The van der Waals surface area contributed by atoms with Gasteiger partial charge in [0.05, 0.1) is 11.3 Å². The highest BCUT2D eigenvalue weighted by molar-refractivity contribution is 7.89. The van der Waals surface area contributed by atoms with Crippen molar-refractivity contribution in [2.45, 2.75) is 62.8 Å². The van der Waals surface area contributed by atoms with Crippen LogP contribution in [0.2, 0.25) is 0 Å². The minimum Gasteiger partial charge on any atom is -0.356 e. The molecule has 1 saturated heterocycles. The molecule has 2 heterocycles. The Bertz CT molecular complexity index is 908. The monoisotopic (exact) mass is 462 g/mol. The molecule has 0 spiro atoms. The molecule has 2 aliphatic rings. The number of aryl methyl sites for hydroxylation is 1. The second-order valence-electron chi connectivity index (χ2n) is 8.51. The van der Waals surface area contributed by atoms with Crippen LogP contribution in [0.5, 0.6) is 0 Å². The van der Waals surface area contributed by atoms with Gasteiger partial charge in [-0.05, 0) is 64.4 Å². The molecular formula is C23H34N4O4S. The van der Waals surface area contributed by atoms with E-state index in [1.165, 1.54) is 56.9 Å². The topological polar surface area (TPSA) is 98.8 Å². The van der Waals surface area contributed by atoms with Crippen molar-refractivity contribution in [2.75, 3.05) is 26.2 Å². The maximum absolute atomic E-state index is 13.1. The molecule has 0 saturated carbocycles. The molecule has 2 aliphatic heterocycles. The molecule has 0 aromatic heterocycles. The van der Waals surface area contributed by atoms with E-state index < -0.39 is 22.0 Å². The van der Waals surface area contributed by atoms with Crippen molar-refractivity contribution in [3.63, 3.8) is 0 Å². The van der Waals surface area contributed by atoms with Crippen LogP contribution in [0.3, 0.4) is 0 Å². The standard InChI is InChI=1S/C23H34N4O4S/c1-19-8-10-20(11-9-19)32(30,31)27-17-13-25-23(29)21(27)18-22(28)24-12-4-2-5-14-26-15-6-3-7-16-26/h8-11,13,17,21H,2-7,12,14-16,18H2,1H3,(H,24,28)(H,25,29)/t21-/m1/s1. The predicted molar refractivity (Wildman–Crippen MR) is 123 cm³/mol. The average molecular weight is 463 g/mol. The SMILES string of the molecule is Cc1ccc(S(=O)(=O)N2C=CNC(=O)[C@H]2CC(=O)NCCCCCN2CCCCC2)cc1. The smallest absolute Gasteiger partial charge is 0.264 e. The normalized spacial score (nSPS) is 19.6. The summed E-state index contributed by atoms with van der Waals surface area (Å²) >= 11 is 0. The van der Waals surface area contributed by atoms with E-state index in [4.69, 9.17) is 0 Å². The first-order valence-electron chi connectivity index (χ1n) is 11.4. The summed E-state index contributed by atoms with van der Waals surface area (Å²) in [6.45, 7) is 5.88. The van der Waals surface area contributed by atoms with Gasteiger partial charge in [-0.25, -0.2) is 8.42 Å². The van der Waals surface area contributed by atoms with Crippen molar-refractivity contribution in [3.8, 4) is 0 Å². The summed E-state index contributed by atoms with van der Waals surface area (Å²) in [7, 11) is -3.95. The van der Waals surface area contributed by atoms with Gasteiger partial charge in [-0.3, -0.25) is 13.9 Å². The first kappa shape index (κ1) is 24.3. The Balaban J connectivity index is 1.48. The lowest BCUT2D eigenvalue weighted by Crippen LogP contribution is -2.51. The summed E-state index contributed by atoms with van der Waals surface area (Å²) in [5, 5.41) is 5.34. The lowest BCUT2D eigenvalue weighted by atomic mass is 10.1. The van der Waals surface area contributed by atoms with Crippen molar-refractivity contribution in [1.29, 1.82) is 0 Å². The summed E-state index contributed by atoms with van der Waals surface area (Å²) in [5.41, 5.74) is 0.933. The van der Waals surface area contributed by atoms with Crippen molar-refractivity contribution < 1.29 is 18.0 Å². The highest BCUT2D eigenvalue weighted by Gasteiger charge is 2.36. The third-order valence-electron chi connectivity index (χ3n) is 5.95. The number of nitrogens with zero attached hydrogens (tertiary/aromatic N) is 2. The Hall–Kier alpha value is -2.39. The highest BCUT2D eigenvalue weighted by Crippen LogP contribution is 2.22. The van der Waals surface area contributed by atoms with Crippen LogP contribution in [0.4, 0.5) is 0 Å². The van der Waals surface area contributed by atoms with Crippen LogP contribution in [0.1, 0.15) is 50.5 Å². The van der Waals surface area contributed by atoms with Gasteiger partial charge < -0.3 is 15.5 Å². The summed E-state index contributed by atoms with van der Waals surface area (Å²) in [5.74, 6) is -0.847. The van der Waals surface area contributed by atoms with E-state index in [-0.39, 0.29) is 17.2 Å². The number of carbonyl (C=O) groups is 2. The van der Waals surface area contributed by atoms with E-state index in [9.17, 15) is 18.0 Å². The van der Waals surface area contributed by atoms with E-state index in [2.05, 4.69) is 15.5 Å². The number of sulfonamides is 1. The number of benzene rings is 1. The Labute approximate surface area is 191 Å². The van der Waals surface area contributed by atoms with Crippen molar-refractivity contribution in [3.05, 3.63) is 42.2 Å². The van der Waals surface area contributed by atoms with E-state index in [1.54, 1.807) is 12.1 Å². The predicted octanol–water partition coefficient (Wildman–Crippen LogP) is 2.12. The summed E-state index contributed by atoms with van der Waals surface area (Å²) in [4.78, 5) is 27.4. The van der Waals surface area contributed by atoms with E-state index >= 15 is 0 Å². The molecule has 0 aliphatic carbocycles. The molecule has 2 N–H and O–H groups in total. The maximum atomic E-state index is 13.1. The molecule has 8 nitrogen and oxygen atoms in total. The number of nitrogens with one attached hydrogen (secondary N) is 2. The molecule has 1 aromatic rings. The fourth-order valence-electron chi connectivity index (χ4n) is 4.07. The van der Waals surface area contributed by atoms with Crippen LogP contribution in [0, 0.1) is 6.92 Å². The third-order valence-corrected chi connectivity index (χ3v) is 7.75. The molecule has 32 heavy (non-hydrogen) atoms. The summed E-state index contributed by atoms with van der Waals surface area (Å²) < 4.78 is 27.1. The van der Waals surface area contributed by atoms with Crippen molar-refractivity contribution >= 4 is 21.8 Å². The van der Waals surface area contributed by atoms with E-state index in [0.717, 1.165) is 35.7 Å². The van der Waals surface area contributed by atoms with Crippen LogP contribution < -0.4 is 10.6 Å². The van der Waals surface area contributed by atoms with E-state index in [0.29, 0.717) is 6.54 Å². The van der Waals surface area contributed by atoms with Crippen LogP contribution >= 0.6 is 0 Å². The molecule has 1 atom stereocenters. The number of unbranched alkanes of at least 4 members (excludes halogenated alkanes) is 2. The largest absolute Gasteiger partial charge is 0.356 e. The number of likely N-dealkylation sites (tertiary alicyclic amines) is 1. The molecule has 3 rings (SSSR count). The summed E-state index contributed by atoms with van der Waals surface area (Å²) in [6, 6.07) is 5.30. The van der Waals surface area contributed by atoms with Gasteiger partial charge in [-0.15, -0.1) is 0 Å². The number of carbonyl (C=O) groups excluding carboxylic acids is 2. The number of hydrogen-bond donors (Lipinski definition) is 2. The lowest BCUT2D eigenvalue weighted by molar-refractivity contribution is -0.129. The zero-order valence-electron chi connectivity index (χ0n) is 18.8. The maximum Gasteiger partial charge on any atom is 0.264 e. The molecule has 2 amide bonds. The number of rotatable bonds is 10.